The molecular formula is C12H13ClN2O2. The average molecular weight is 253 g/mol. The summed E-state index contributed by atoms with van der Waals surface area (Å²) in [7, 11) is 1.87. The second kappa shape index (κ2) is 4.75. The molecule has 17 heavy (non-hydrogen) atoms. The van der Waals surface area contributed by atoms with Crippen LogP contribution in [0.3, 0.4) is 0 Å². The van der Waals surface area contributed by atoms with Crippen molar-refractivity contribution in [2.24, 2.45) is 7.05 Å². The summed E-state index contributed by atoms with van der Waals surface area (Å²) >= 11 is 5.94. The van der Waals surface area contributed by atoms with Crippen molar-refractivity contribution < 1.29 is 9.53 Å². The minimum absolute atomic E-state index is 0.270. The van der Waals surface area contributed by atoms with E-state index in [2.05, 4.69) is 5.10 Å². The highest BCUT2D eigenvalue weighted by atomic mass is 35.5. The molecule has 0 aliphatic heterocycles. The van der Waals surface area contributed by atoms with E-state index in [-0.39, 0.29) is 5.97 Å². The summed E-state index contributed by atoms with van der Waals surface area (Å²) in [6.07, 6.45) is 0.610. The first-order valence-electron chi connectivity index (χ1n) is 5.32. The zero-order chi connectivity index (χ0) is 12.4. The molecule has 1 aromatic heterocycles. The molecule has 0 radical (unpaired) electrons. The summed E-state index contributed by atoms with van der Waals surface area (Å²) < 4.78 is 6.70. The molecule has 4 nitrogen and oxygen atoms in total. The zero-order valence-corrected chi connectivity index (χ0v) is 10.5. The molecule has 0 amide bonds. The largest absolute Gasteiger partial charge is 0.465 e. The van der Waals surface area contributed by atoms with Crippen molar-refractivity contribution in [3.63, 3.8) is 0 Å². The Morgan fingerprint density at radius 1 is 1.53 bits per heavy atom. The van der Waals surface area contributed by atoms with Crippen LogP contribution in [0, 0.1) is 0 Å². The molecule has 0 spiro atoms. The highest BCUT2D eigenvalue weighted by Crippen LogP contribution is 2.22. The van der Waals surface area contributed by atoms with Gasteiger partial charge >= 0.3 is 5.97 Å². The quantitative estimate of drug-likeness (QED) is 0.788. The number of fused-ring (bicyclic) bond motifs is 1. The van der Waals surface area contributed by atoms with Crippen molar-refractivity contribution in [3.8, 4) is 0 Å². The van der Waals surface area contributed by atoms with Crippen LogP contribution < -0.4 is 0 Å². The lowest BCUT2D eigenvalue weighted by atomic mass is 10.2. The maximum atomic E-state index is 10.7. The molecule has 0 N–H and O–H groups in total. The summed E-state index contributed by atoms with van der Waals surface area (Å²) in [6.45, 7) is 1.75. The fourth-order valence-electron chi connectivity index (χ4n) is 1.78. The van der Waals surface area contributed by atoms with E-state index in [0.29, 0.717) is 18.1 Å². The summed E-state index contributed by atoms with van der Waals surface area (Å²) in [6, 6.07) is 5.65. The SMILES string of the molecule is CC(=O)OCCc1nn(C)c2cc(Cl)ccc12. The van der Waals surface area contributed by atoms with Gasteiger partial charge in [0.15, 0.2) is 0 Å². The summed E-state index contributed by atoms with van der Waals surface area (Å²) in [4.78, 5) is 10.7. The van der Waals surface area contributed by atoms with Gasteiger partial charge in [0.25, 0.3) is 0 Å². The van der Waals surface area contributed by atoms with Crippen molar-refractivity contribution in [3.05, 3.63) is 28.9 Å². The van der Waals surface area contributed by atoms with Gasteiger partial charge in [0.2, 0.25) is 0 Å². The van der Waals surface area contributed by atoms with E-state index in [1.807, 2.05) is 25.2 Å². The molecule has 2 rings (SSSR count). The molecule has 2 aromatic rings. The number of benzene rings is 1. The van der Waals surface area contributed by atoms with Gasteiger partial charge in [-0.3, -0.25) is 9.48 Å². The number of rotatable bonds is 3. The summed E-state index contributed by atoms with van der Waals surface area (Å²) in [5, 5.41) is 6.13. The molecule has 0 fully saturated rings. The van der Waals surface area contributed by atoms with Crippen LogP contribution in [0.15, 0.2) is 18.2 Å². The van der Waals surface area contributed by atoms with Crippen molar-refractivity contribution in [1.82, 2.24) is 9.78 Å². The van der Waals surface area contributed by atoms with E-state index >= 15 is 0 Å². The predicted molar refractivity (Wildman–Crippen MR) is 66.1 cm³/mol. The van der Waals surface area contributed by atoms with Crippen molar-refractivity contribution >= 4 is 28.5 Å². The smallest absolute Gasteiger partial charge is 0.302 e. The molecule has 90 valence electrons. The Balaban J connectivity index is 2.26. The number of hydrogen-bond acceptors (Lipinski definition) is 3. The Kier molecular flexibility index (Phi) is 3.33. The first-order chi connectivity index (χ1) is 8.08. The second-order valence-corrected chi connectivity index (χ2v) is 4.26. The molecule has 5 heteroatoms. The number of halogens is 1. The van der Waals surface area contributed by atoms with E-state index in [9.17, 15) is 4.79 Å². The van der Waals surface area contributed by atoms with Crippen LogP contribution in [0.4, 0.5) is 0 Å². The van der Waals surface area contributed by atoms with Gasteiger partial charge in [0, 0.05) is 30.8 Å². The number of carbonyl (C=O) groups is 1. The summed E-state index contributed by atoms with van der Waals surface area (Å²) in [5.74, 6) is -0.270. The Bertz CT molecular complexity index is 563. The molecule has 0 aliphatic rings. The van der Waals surface area contributed by atoms with Gasteiger partial charge < -0.3 is 4.74 Å². The number of carbonyl (C=O) groups excluding carboxylic acids is 1. The first kappa shape index (κ1) is 11.9. The molecule has 1 aromatic carbocycles. The summed E-state index contributed by atoms with van der Waals surface area (Å²) in [5.41, 5.74) is 1.90. The topological polar surface area (TPSA) is 44.1 Å². The predicted octanol–water partition coefficient (Wildman–Crippen LogP) is 2.33. The van der Waals surface area contributed by atoms with Crippen LogP contribution in [-0.4, -0.2) is 22.4 Å². The van der Waals surface area contributed by atoms with Crippen molar-refractivity contribution in [2.45, 2.75) is 13.3 Å². The van der Waals surface area contributed by atoms with Gasteiger partial charge in [0.05, 0.1) is 17.8 Å². The standard InChI is InChI=1S/C12H13ClN2O2/c1-8(16)17-6-5-11-10-4-3-9(13)7-12(10)15(2)14-11/h3-4,7H,5-6H2,1-2H3. The number of ether oxygens (including phenoxy) is 1. The number of esters is 1. The van der Waals surface area contributed by atoms with E-state index in [0.717, 1.165) is 16.6 Å². The van der Waals surface area contributed by atoms with Crippen LogP contribution in [0.1, 0.15) is 12.6 Å². The van der Waals surface area contributed by atoms with Crippen LogP contribution in [0.25, 0.3) is 10.9 Å². The van der Waals surface area contributed by atoms with Crippen LogP contribution in [0.2, 0.25) is 5.02 Å². The van der Waals surface area contributed by atoms with Crippen LogP contribution in [-0.2, 0) is 23.0 Å². The van der Waals surface area contributed by atoms with Crippen molar-refractivity contribution in [2.75, 3.05) is 6.61 Å². The lowest BCUT2D eigenvalue weighted by Gasteiger charge is -1.99. The van der Waals surface area contributed by atoms with E-state index < -0.39 is 0 Å². The number of nitrogens with zero attached hydrogens (tertiary/aromatic N) is 2. The Labute approximate surface area is 104 Å². The highest BCUT2D eigenvalue weighted by molar-refractivity contribution is 6.31. The van der Waals surface area contributed by atoms with Gasteiger partial charge in [-0.05, 0) is 18.2 Å². The Hall–Kier alpha value is -1.55. The van der Waals surface area contributed by atoms with Gasteiger partial charge in [-0.1, -0.05) is 11.6 Å². The molecule has 0 saturated heterocycles. The average Bonchev–Trinajstić information content (AvgIpc) is 2.55. The lowest BCUT2D eigenvalue weighted by Crippen LogP contribution is -2.04. The van der Waals surface area contributed by atoms with Gasteiger partial charge in [-0.2, -0.15) is 5.10 Å². The lowest BCUT2D eigenvalue weighted by molar-refractivity contribution is -0.140. The second-order valence-electron chi connectivity index (χ2n) is 3.82. The fraction of sp³-hybridized carbons (Fsp3) is 0.333. The van der Waals surface area contributed by atoms with E-state index in [4.69, 9.17) is 16.3 Å². The number of hydrogen-bond donors (Lipinski definition) is 0. The number of aromatic nitrogens is 2. The van der Waals surface area contributed by atoms with E-state index in [1.165, 1.54) is 6.92 Å². The molecule has 0 saturated carbocycles. The zero-order valence-electron chi connectivity index (χ0n) is 9.74. The number of aryl methyl sites for hydroxylation is 1. The van der Waals surface area contributed by atoms with Crippen molar-refractivity contribution in [1.29, 1.82) is 0 Å². The van der Waals surface area contributed by atoms with Crippen LogP contribution in [0.5, 0.6) is 0 Å². The molecule has 0 bridgehead atoms. The first-order valence-corrected chi connectivity index (χ1v) is 5.70. The Morgan fingerprint density at radius 2 is 2.29 bits per heavy atom. The molecule has 0 unspecified atom stereocenters. The molecule has 0 atom stereocenters. The molecule has 0 aliphatic carbocycles. The monoisotopic (exact) mass is 252 g/mol. The fourth-order valence-corrected chi connectivity index (χ4v) is 1.95. The van der Waals surface area contributed by atoms with Crippen LogP contribution >= 0.6 is 11.6 Å². The Morgan fingerprint density at radius 3 is 3.00 bits per heavy atom. The van der Waals surface area contributed by atoms with E-state index in [1.54, 1.807) is 4.68 Å². The van der Waals surface area contributed by atoms with Gasteiger partial charge in [-0.15, -0.1) is 0 Å². The maximum Gasteiger partial charge on any atom is 0.302 e. The minimum atomic E-state index is -0.270. The molecule has 1 heterocycles. The third kappa shape index (κ3) is 2.58. The minimum Gasteiger partial charge on any atom is -0.465 e. The maximum absolute atomic E-state index is 10.7. The highest BCUT2D eigenvalue weighted by Gasteiger charge is 2.09. The third-order valence-corrected chi connectivity index (χ3v) is 2.77. The van der Waals surface area contributed by atoms with Gasteiger partial charge in [0.1, 0.15) is 0 Å². The normalized spacial score (nSPS) is 10.8. The third-order valence-electron chi connectivity index (χ3n) is 2.53. The molecular weight excluding hydrogens is 240 g/mol. The van der Waals surface area contributed by atoms with Gasteiger partial charge in [-0.25, -0.2) is 0 Å².